The summed E-state index contributed by atoms with van der Waals surface area (Å²) in [4.78, 5) is 23.4. The Morgan fingerprint density at radius 1 is 0.889 bits per heavy atom. The lowest BCUT2D eigenvalue weighted by atomic mass is 10.1. The maximum absolute atomic E-state index is 12.6. The van der Waals surface area contributed by atoms with Crippen molar-refractivity contribution >= 4 is 30.9 Å². The first-order chi connectivity index (χ1) is 16.8. The van der Waals surface area contributed by atoms with Crippen molar-refractivity contribution in [1.29, 1.82) is 0 Å². The maximum Gasteiger partial charge on any atom is 0.407 e. The molecule has 1 atom stereocenters. The monoisotopic (exact) mass is 514 g/mol. The Kier molecular flexibility index (Phi) is 10.5. The average Bonchev–Trinajstić information content (AvgIpc) is 2.78. The number of carbonyl (C=O) groups is 2. The SMILES string of the molecule is CC(C)(C)OC(=O)NC(CCCCNC(=O)O)CO[Si](c1ccccc1)(c1ccccc1)C(C)(C)C. The number of benzene rings is 2. The molecular formula is C28H42N2O5Si. The minimum atomic E-state index is -2.76. The highest BCUT2D eigenvalue weighted by Gasteiger charge is 2.50. The molecule has 0 saturated carbocycles. The second-order valence-electron chi connectivity index (χ2n) is 11.0. The quantitative estimate of drug-likeness (QED) is 0.293. The molecule has 0 fully saturated rings. The zero-order valence-electron chi connectivity index (χ0n) is 22.5. The van der Waals surface area contributed by atoms with Crippen LogP contribution in [0.2, 0.25) is 5.04 Å². The van der Waals surface area contributed by atoms with E-state index in [9.17, 15) is 9.59 Å². The number of amides is 2. The Bertz CT molecular complexity index is 916. The normalized spacial score (nSPS) is 13.1. The molecule has 2 aromatic rings. The number of unbranched alkanes of at least 4 members (excludes halogenated alkanes) is 1. The molecular weight excluding hydrogens is 472 g/mol. The lowest BCUT2D eigenvalue weighted by Gasteiger charge is -2.43. The molecule has 7 nitrogen and oxygen atoms in total. The topological polar surface area (TPSA) is 96.9 Å². The van der Waals surface area contributed by atoms with E-state index in [1.165, 1.54) is 10.4 Å². The fourth-order valence-electron chi connectivity index (χ4n) is 4.37. The molecule has 0 radical (unpaired) electrons. The summed E-state index contributed by atoms with van der Waals surface area (Å²) in [7, 11) is -2.76. The van der Waals surface area contributed by atoms with Crippen LogP contribution in [-0.2, 0) is 9.16 Å². The highest BCUT2D eigenvalue weighted by Crippen LogP contribution is 2.36. The molecule has 2 amide bonds. The Labute approximate surface area is 216 Å². The van der Waals surface area contributed by atoms with Gasteiger partial charge in [-0.2, -0.15) is 0 Å². The molecule has 2 aromatic carbocycles. The molecule has 0 saturated heterocycles. The Balaban J connectivity index is 2.33. The van der Waals surface area contributed by atoms with Crippen molar-refractivity contribution in [2.24, 2.45) is 0 Å². The summed E-state index contributed by atoms with van der Waals surface area (Å²) in [5, 5.41) is 16.4. The van der Waals surface area contributed by atoms with Gasteiger partial charge in [0.1, 0.15) is 5.60 Å². The fraction of sp³-hybridized carbons (Fsp3) is 0.500. The van der Waals surface area contributed by atoms with Crippen molar-refractivity contribution in [2.75, 3.05) is 13.2 Å². The summed E-state index contributed by atoms with van der Waals surface area (Å²) in [5.74, 6) is 0. The zero-order chi connectivity index (χ0) is 26.8. The van der Waals surface area contributed by atoms with Gasteiger partial charge in [0, 0.05) is 6.54 Å². The van der Waals surface area contributed by atoms with Crippen LogP contribution in [0.1, 0.15) is 60.8 Å². The number of nitrogens with one attached hydrogen (secondary N) is 2. The van der Waals surface area contributed by atoms with Crippen LogP contribution in [-0.4, -0.2) is 50.4 Å². The number of hydrogen-bond donors (Lipinski definition) is 3. The third-order valence-electron chi connectivity index (χ3n) is 5.89. The molecule has 0 aliphatic heterocycles. The number of carbonyl (C=O) groups excluding carboxylic acids is 1. The van der Waals surface area contributed by atoms with Crippen LogP contribution < -0.4 is 21.0 Å². The highest BCUT2D eigenvalue weighted by atomic mass is 28.4. The van der Waals surface area contributed by atoms with Gasteiger partial charge in [-0.1, -0.05) is 81.4 Å². The smallest absolute Gasteiger partial charge is 0.407 e. The molecule has 36 heavy (non-hydrogen) atoms. The molecule has 0 spiro atoms. The molecule has 3 N–H and O–H groups in total. The van der Waals surface area contributed by atoms with Crippen molar-refractivity contribution in [3.05, 3.63) is 60.7 Å². The van der Waals surface area contributed by atoms with Gasteiger partial charge < -0.3 is 24.9 Å². The third-order valence-corrected chi connectivity index (χ3v) is 10.9. The van der Waals surface area contributed by atoms with Crippen LogP contribution in [0.3, 0.4) is 0 Å². The van der Waals surface area contributed by atoms with E-state index in [2.05, 4.69) is 55.7 Å². The Morgan fingerprint density at radius 2 is 1.42 bits per heavy atom. The Morgan fingerprint density at radius 3 is 1.86 bits per heavy atom. The number of hydrogen-bond acceptors (Lipinski definition) is 4. The Hall–Kier alpha value is -2.84. The van der Waals surface area contributed by atoms with E-state index in [4.69, 9.17) is 14.3 Å². The molecule has 0 aliphatic carbocycles. The zero-order valence-corrected chi connectivity index (χ0v) is 23.5. The van der Waals surface area contributed by atoms with Gasteiger partial charge in [-0.05, 0) is 55.4 Å². The first kappa shape index (κ1) is 29.4. The van der Waals surface area contributed by atoms with Gasteiger partial charge in [0.05, 0.1) is 12.6 Å². The van der Waals surface area contributed by atoms with Crippen LogP contribution in [0.4, 0.5) is 9.59 Å². The minimum absolute atomic E-state index is 0.183. The lowest BCUT2D eigenvalue weighted by Crippen LogP contribution is -2.67. The van der Waals surface area contributed by atoms with E-state index < -0.39 is 26.1 Å². The van der Waals surface area contributed by atoms with Gasteiger partial charge in [0.25, 0.3) is 8.32 Å². The highest BCUT2D eigenvalue weighted by molar-refractivity contribution is 6.99. The van der Waals surface area contributed by atoms with Crippen LogP contribution in [0.5, 0.6) is 0 Å². The molecule has 8 heteroatoms. The second-order valence-corrected chi connectivity index (χ2v) is 15.4. The van der Waals surface area contributed by atoms with Gasteiger partial charge in [-0.15, -0.1) is 0 Å². The maximum atomic E-state index is 12.6. The predicted molar refractivity (Wildman–Crippen MR) is 147 cm³/mol. The second kappa shape index (κ2) is 12.9. The summed E-state index contributed by atoms with van der Waals surface area (Å²) in [6, 6.07) is 20.5. The van der Waals surface area contributed by atoms with E-state index >= 15 is 0 Å². The van der Waals surface area contributed by atoms with Crippen LogP contribution in [0.25, 0.3) is 0 Å². The number of carboxylic acid groups (broad SMARTS) is 1. The molecule has 2 rings (SSSR count). The van der Waals surface area contributed by atoms with E-state index in [0.717, 1.165) is 6.42 Å². The van der Waals surface area contributed by atoms with Gasteiger partial charge in [-0.25, -0.2) is 9.59 Å². The number of alkyl carbamates (subject to hydrolysis) is 1. The molecule has 0 heterocycles. The first-order valence-electron chi connectivity index (χ1n) is 12.6. The third kappa shape index (κ3) is 8.67. The summed E-state index contributed by atoms with van der Waals surface area (Å²) < 4.78 is 12.5. The van der Waals surface area contributed by atoms with Crippen molar-refractivity contribution < 1.29 is 23.9 Å². The van der Waals surface area contributed by atoms with E-state index in [0.29, 0.717) is 26.0 Å². The van der Waals surface area contributed by atoms with E-state index in [-0.39, 0.29) is 11.1 Å². The molecule has 0 bridgehead atoms. The van der Waals surface area contributed by atoms with Gasteiger partial charge in [0.15, 0.2) is 0 Å². The standard InChI is InChI=1S/C28H42N2O5Si/c1-27(2,3)35-26(33)30-22(15-13-14-20-29-25(31)32)21-34-36(28(4,5)6,23-16-9-7-10-17-23)24-18-11-8-12-19-24/h7-12,16-19,22,29H,13-15,20-21H2,1-6H3,(H,30,33)(H,31,32). The van der Waals surface area contributed by atoms with E-state index in [1.807, 2.05) is 57.2 Å². The van der Waals surface area contributed by atoms with Crippen molar-refractivity contribution in [2.45, 2.75) is 77.5 Å². The summed E-state index contributed by atoms with van der Waals surface area (Å²) >= 11 is 0. The minimum Gasteiger partial charge on any atom is -0.465 e. The van der Waals surface area contributed by atoms with Crippen molar-refractivity contribution in [3.63, 3.8) is 0 Å². The molecule has 1 unspecified atom stereocenters. The van der Waals surface area contributed by atoms with Crippen LogP contribution >= 0.6 is 0 Å². The van der Waals surface area contributed by atoms with E-state index in [1.54, 1.807) is 0 Å². The molecule has 0 aromatic heterocycles. The van der Waals surface area contributed by atoms with Crippen LogP contribution in [0, 0.1) is 0 Å². The number of ether oxygens (including phenoxy) is 1. The largest absolute Gasteiger partial charge is 0.465 e. The van der Waals surface area contributed by atoms with Gasteiger partial charge in [-0.3, -0.25) is 0 Å². The fourth-order valence-corrected chi connectivity index (χ4v) is 8.98. The number of rotatable bonds is 11. The molecule has 0 aliphatic rings. The first-order valence-corrected chi connectivity index (χ1v) is 14.5. The van der Waals surface area contributed by atoms with Gasteiger partial charge in [0.2, 0.25) is 0 Å². The average molecular weight is 515 g/mol. The summed E-state index contributed by atoms with van der Waals surface area (Å²) in [5.41, 5.74) is -0.612. The predicted octanol–water partition coefficient (Wildman–Crippen LogP) is 4.89. The van der Waals surface area contributed by atoms with Crippen molar-refractivity contribution in [1.82, 2.24) is 10.6 Å². The van der Waals surface area contributed by atoms with Crippen LogP contribution in [0.15, 0.2) is 60.7 Å². The summed E-state index contributed by atoms with van der Waals surface area (Å²) in [6.07, 6.45) is 0.511. The molecule has 198 valence electrons. The lowest BCUT2D eigenvalue weighted by molar-refractivity contribution is 0.0482. The summed E-state index contributed by atoms with van der Waals surface area (Å²) in [6.45, 7) is 12.8. The van der Waals surface area contributed by atoms with Crippen molar-refractivity contribution in [3.8, 4) is 0 Å². The van der Waals surface area contributed by atoms with Gasteiger partial charge >= 0.3 is 12.2 Å².